The number of hydrogen-bond donors (Lipinski definition) is 1. The highest BCUT2D eigenvalue weighted by Gasteiger charge is 2.39. The van der Waals surface area contributed by atoms with Crippen molar-refractivity contribution in [3.8, 4) is 0 Å². The molecule has 0 spiro atoms. The number of carbonyl (C=O) groups is 1. The Morgan fingerprint density at radius 2 is 1.78 bits per heavy atom. The predicted molar refractivity (Wildman–Crippen MR) is 115 cm³/mol. The van der Waals surface area contributed by atoms with Gasteiger partial charge < -0.3 is 14.5 Å². The summed E-state index contributed by atoms with van der Waals surface area (Å²) in [6.45, 7) is 8.79. The molecule has 2 aromatic rings. The van der Waals surface area contributed by atoms with E-state index in [0.29, 0.717) is 38.2 Å². The molecule has 0 bridgehead atoms. The third-order valence-electron chi connectivity index (χ3n) is 5.96. The molecule has 3 rings (SSSR count). The maximum Gasteiger partial charge on any atom is 0.419 e. The number of nitrogens with zero attached hydrogens (tertiary/aromatic N) is 1. The fourth-order valence-electron chi connectivity index (χ4n) is 4.19. The third kappa shape index (κ3) is 5.85. The predicted octanol–water partition coefficient (Wildman–Crippen LogP) is 5.67. The van der Waals surface area contributed by atoms with Gasteiger partial charge in [-0.05, 0) is 59.2 Å². The monoisotopic (exact) mass is 452 g/mol. The molecule has 1 amide bonds. The molecule has 0 aliphatic carbocycles. The number of alkyl carbamates (subject to hydrolysis) is 1. The first-order valence-corrected chi connectivity index (χ1v) is 10.8. The van der Waals surface area contributed by atoms with E-state index >= 15 is 0 Å². The van der Waals surface area contributed by atoms with Crippen molar-refractivity contribution in [1.82, 2.24) is 10.2 Å². The number of alkyl halides is 3. The Morgan fingerprint density at radius 3 is 2.34 bits per heavy atom. The van der Waals surface area contributed by atoms with E-state index < -0.39 is 23.4 Å². The van der Waals surface area contributed by atoms with E-state index in [9.17, 15) is 18.0 Å². The molecule has 1 aliphatic rings. The summed E-state index contributed by atoms with van der Waals surface area (Å²) in [7, 11) is 0. The molecular weight excluding hydrogens is 421 g/mol. The van der Waals surface area contributed by atoms with E-state index in [0.717, 1.165) is 11.8 Å². The Balaban J connectivity index is 1.72. The van der Waals surface area contributed by atoms with Crippen LogP contribution in [-0.2, 0) is 22.9 Å². The lowest BCUT2D eigenvalue weighted by Gasteiger charge is -2.42. The maximum atomic E-state index is 13.3. The number of benzene rings is 1. The van der Waals surface area contributed by atoms with Gasteiger partial charge in [-0.25, -0.2) is 4.79 Å². The van der Waals surface area contributed by atoms with Crippen molar-refractivity contribution in [2.75, 3.05) is 19.6 Å². The molecule has 1 fully saturated rings. The normalized spacial score (nSPS) is 17.2. The standard InChI is InChI=1S/C24H31F3N2O3/c1-17-19(20(15-31-17)24(25,26)27)14-29-12-10-23(11-13-29,18-8-6-5-7-9-18)16-28-21(30)32-22(2,3)4/h5-9,15H,10-14,16H2,1-4H3,(H,28,30). The molecule has 1 saturated heterocycles. The lowest BCUT2D eigenvalue weighted by molar-refractivity contribution is -0.138. The van der Waals surface area contributed by atoms with Crippen LogP contribution in [0, 0.1) is 6.92 Å². The average Bonchev–Trinajstić information content (AvgIpc) is 3.08. The average molecular weight is 453 g/mol. The van der Waals surface area contributed by atoms with Crippen molar-refractivity contribution in [3.63, 3.8) is 0 Å². The molecule has 5 nitrogen and oxygen atoms in total. The van der Waals surface area contributed by atoms with Crippen LogP contribution >= 0.6 is 0 Å². The molecule has 1 N–H and O–H groups in total. The SMILES string of the molecule is Cc1occ(C(F)(F)F)c1CN1CCC(CNC(=O)OC(C)(C)C)(c2ccccc2)CC1. The maximum absolute atomic E-state index is 13.3. The Labute approximate surface area is 186 Å². The second-order valence-electron chi connectivity index (χ2n) is 9.46. The fourth-order valence-corrected chi connectivity index (χ4v) is 4.19. The Kier molecular flexibility index (Phi) is 6.93. The van der Waals surface area contributed by atoms with Gasteiger partial charge in [0.1, 0.15) is 17.6 Å². The molecule has 8 heteroatoms. The molecule has 0 saturated carbocycles. The van der Waals surface area contributed by atoms with Gasteiger partial charge in [0.25, 0.3) is 0 Å². The van der Waals surface area contributed by atoms with Crippen LogP contribution in [0.5, 0.6) is 0 Å². The zero-order valence-electron chi connectivity index (χ0n) is 19.0. The van der Waals surface area contributed by atoms with Crippen molar-refractivity contribution >= 4 is 6.09 Å². The number of nitrogens with one attached hydrogen (secondary N) is 1. The van der Waals surface area contributed by atoms with Crippen LogP contribution in [0.3, 0.4) is 0 Å². The van der Waals surface area contributed by atoms with E-state index in [-0.39, 0.29) is 17.5 Å². The molecule has 1 aromatic heterocycles. The molecule has 0 atom stereocenters. The lowest BCUT2D eigenvalue weighted by Crippen LogP contribution is -2.49. The highest BCUT2D eigenvalue weighted by molar-refractivity contribution is 5.67. The molecule has 0 radical (unpaired) electrons. The van der Waals surface area contributed by atoms with Gasteiger partial charge in [0, 0.05) is 24.1 Å². The number of ether oxygens (including phenoxy) is 1. The number of rotatable bonds is 5. The van der Waals surface area contributed by atoms with Crippen LogP contribution in [0.4, 0.5) is 18.0 Å². The summed E-state index contributed by atoms with van der Waals surface area (Å²) >= 11 is 0. The summed E-state index contributed by atoms with van der Waals surface area (Å²) in [6.07, 6.45) is -2.71. The van der Waals surface area contributed by atoms with E-state index in [4.69, 9.17) is 9.15 Å². The Hall–Kier alpha value is -2.48. The van der Waals surface area contributed by atoms with Crippen molar-refractivity contribution < 1.29 is 27.1 Å². The van der Waals surface area contributed by atoms with Crippen molar-refractivity contribution in [1.29, 1.82) is 0 Å². The second kappa shape index (κ2) is 9.17. The zero-order chi connectivity index (χ0) is 23.6. The van der Waals surface area contributed by atoms with Crippen molar-refractivity contribution in [2.45, 2.75) is 64.3 Å². The first kappa shape index (κ1) is 24.2. The minimum absolute atomic E-state index is 0.182. The van der Waals surface area contributed by atoms with Gasteiger partial charge in [0.15, 0.2) is 0 Å². The number of halogens is 3. The summed E-state index contributed by atoms with van der Waals surface area (Å²) in [5.41, 5.74) is -0.317. The summed E-state index contributed by atoms with van der Waals surface area (Å²) in [5, 5.41) is 2.90. The van der Waals surface area contributed by atoms with Gasteiger partial charge in [0.2, 0.25) is 0 Å². The summed E-state index contributed by atoms with van der Waals surface area (Å²) < 4.78 is 50.4. The summed E-state index contributed by atoms with van der Waals surface area (Å²) in [5.74, 6) is 0.295. The molecule has 2 heterocycles. The van der Waals surface area contributed by atoms with Gasteiger partial charge in [-0.1, -0.05) is 30.3 Å². The van der Waals surface area contributed by atoms with Crippen molar-refractivity contribution in [3.05, 3.63) is 59.0 Å². The number of hydrogen-bond acceptors (Lipinski definition) is 4. The lowest BCUT2D eigenvalue weighted by atomic mass is 9.72. The Morgan fingerprint density at radius 1 is 1.16 bits per heavy atom. The summed E-state index contributed by atoms with van der Waals surface area (Å²) in [4.78, 5) is 14.3. The molecule has 0 unspecified atom stereocenters. The van der Waals surface area contributed by atoms with Crippen LogP contribution in [-0.4, -0.2) is 36.2 Å². The topological polar surface area (TPSA) is 54.7 Å². The number of furan rings is 1. The zero-order valence-corrected chi connectivity index (χ0v) is 19.0. The van der Waals surface area contributed by atoms with Crippen LogP contribution in [0.15, 0.2) is 41.0 Å². The number of aryl methyl sites for hydroxylation is 1. The van der Waals surface area contributed by atoms with Gasteiger partial charge in [-0.2, -0.15) is 13.2 Å². The van der Waals surface area contributed by atoms with Gasteiger partial charge >= 0.3 is 12.3 Å². The minimum atomic E-state index is -4.44. The quantitative estimate of drug-likeness (QED) is 0.636. The van der Waals surface area contributed by atoms with Gasteiger partial charge in [0.05, 0.1) is 5.56 Å². The second-order valence-corrected chi connectivity index (χ2v) is 9.46. The molecule has 32 heavy (non-hydrogen) atoms. The molecule has 1 aliphatic heterocycles. The minimum Gasteiger partial charge on any atom is -0.469 e. The van der Waals surface area contributed by atoms with E-state index in [1.807, 2.05) is 56.0 Å². The Bertz CT molecular complexity index is 909. The van der Waals surface area contributed by atoms with Crippen molar-refractivity contribution in [2.24, 2.45) is 0 Å². The fraction of sp³-hybridized carbons (Fsp3) is 0.542. The highest BCUT2D eigenvalue weighted by Crippen LogP contribution is 2.38. The van der Waals surface area contributed by atoms with Crippen LogP contribution < -0.4 is 5.32 Å². The first-order valence-electron chi connectivity index (χ1n) is 10.8. The highest BCUT2D eigenvalue weighted by atomic mass is 19.4. The third-order valence-corrected chi connectivity index (χ3v) is 5.96. The van der Waals surface area contributed by atoms with Gasteiger partial charge in [-0.3, -0.25) is 4.90 Å². The van der Waals surface area contributed by atoms with Gasteiger partial charge in [-0.15, -0.1) is 0 Å². The van der Waals surface area contributed by atoms with E-state index in [1.54, 1.807) is 6.92 Å². The molecule has 176 valence electrons. The summed E-state index contributed by atoms with van der Waals surface area (Å²) in [6, 6.07) is 9.93. The smallest absolute Gasteiger partial charge is 0.419 e. The van der Waals surface area contributed by atoms with Crippen LogP contribution in [0.1, 0.15) is 56.1 Å². The van der Waals surface area contributed by atoms with E-state index in [1.165, 1.54) is 0 Å². The number of piperidine rings is 1. The van der Waals surface area contributed by atoms with Crippen LogP contribution in [0.2, 0.25) is 0 Å². The number of likely N-dealkylation sites (tertiary alicyclic amines) is 1. The molecular formula is C24H31F3N2O3. The number of amides is 1. The van der Waals surface area contributed by atoms with Crippen LogP contribution in [0.25, 0.3) is 0 Å². The first-order chi connectivity index (χ1) is 14.9. The molecule has 1 aromatic carbocycles. The number of carbonyl (C=O) groups excluding carboxylic acids is 1. The largest absolute Gasteiger partial charge is 0.469 e. The van der Waals surface area contributed by atoms with E-state index in [2.05, 4.69) is 5.32 Å².